The quantitative estimate of drug-likeness (QED) is 0.942. The number of aryl methyl sites for hydroxylation is 1. The highest BCUT2D eigenvalue weighted by Crippen LogP contribution is 2.37. The van der Waals surface area contributed by atoms with E-state index in [-0.39, 0.29) is 17.8 Å². The van der Waals surface area contributed by atoms with Crippen LogP contribution in [0.15, 0.2) is 30.9 Å². The van der Waals surface area contributed by atoms with Crippen LogP contribution in [0.2, 0.25) is 0 Å². The number of hydrogen-bond acceptors (Lipinski definition) is 3. The lowest BCUT2D eigenvalue weighted by Crippen LogP contribution is -2.36. The molecule has 0 bridgehead atoms. The third-order valence-corrected chi connectivity index (χ3v) is 3.34. The normalized spacial score (nSPS) is 15.0. The zero-order valence-corrected chi connectivity index (χ0v) is 13.0. The maximum Gasteiger partial charge on any atom is 0.137 e. The van der Waals surface area contributed by atoms with Crippen LogP contribution in [-0.4, -0.2) is 19.9 Å². The minimum absolute atomic E-state index is 0.160. The Morgan fingerprint density at radius 1 is 1.29 bits per heavy atom. The standard InChI is InChI=1S/C16H22FN3O/c1-12-5-6-13(14(17)7-12)16(21,8-15(2,3)4)9-20-11-18-10-19-20/h5-7,10-11,21H,8-9H2,1-4H3. The summed E-state index contributed by atoms with van der Waals surface area (Å²) >= 11 is 0. The minimum atomic E-state index is -1.33. The monoisotopic (exact) mass is 291 g/mol. The summed E-state index contributed by atoms with van der Waals surface area (Å²) in [6.07, 6.45) is 3.35. The van der Waals surface area contributed by atoms with Gasteiger partial charge >= 0.3 is 0 Å². The zero-order valence-electron chi connectivity index (χ0n) is 13.0. The molecule has 0 saturated heterocycles. The molecule has 0 radical (unpaired) electrons. The van der Waals surface area contributed by atoms with Crippen LogP contribution in [0.3, 0.4) is 0 Å². The Hall–Kier alpha value is -1.75. The first-order valence-electron chi connectivity index (χ1n) is 7.01. The fourth-order valence-electron chi connectivity index (χ4n) is 2.69. The molecule has 0 aliphatic heterocycles. The molecule has 0 aliphatic carbocycles. The molecule has 5 heteroatoms. The summed E-state index contributed by atoms with van der Waals surface area (Å²) in [5.74, 6) is -0.387. The molecule has 0 fully saturated rings. The number of hydrogen-bond donors (Lipinski definition) is 1. The smallest absolute Gasteiger partial charge is 0.137 e. The molecule has 114 valence electrons. The third-order valence-electron chi connectivity index (χ3n) is 3.34. The molecule has 1 atom stereocenters. The molecule has 0 spiro atoms. The first kappa shape index (κ1) is 15.6. The van der Waals surface area contributed by atoms with Gasteiger partial charge in [-0.25, -0.2) is 14.1 Å². The lowest BCUT2D eigenvalue weighted by atomic mass is 9.77. The van der Waals surface area contributed by atoms with Crippen molar-refractivity contribution in [1.82, 2.24) is 14.8 Å². The Morgan fingerprint density at radius 3 is 2.52 bits per heavy atom. The van der Waals surface area contributed by atoms with Crippen LogP contribution in [0.25, 0.3) is 0 Å². The third kappa shape index (κ3) is 3.88. The van der Waals surface area contributed by atoms with Gasteiger partial charge in [-0.1, -0.05) is 32.9 Å². The molecule has 1 heterocycles. The summed E-state index contributed by atoms with van der Waals surface area (Å²) in [5.41, 5.74) is -0.357. The van der Waals surface area contributed by atoms with Gasteiger partial charge in [-0.3, -0.25) is 0 Å². The van der Waals surface area contributed by atoms with Crippen molar-refractivity contribution in [3.8, 4) is 0 Å². The molecule has 4 nitrogen and oxygen atoms in total. The van der Waals surface area contributed by atoms with E-state index in [1.165, 1.54) is 23.4 Å². The second-order valence-electron chi connectivity index (χ2n) is 6.85. The molecule has 1 N–H and O–H groups in total. The Kier molecular flexibility index (Phi) is 4.14. The molecule has 0 saturated carbocycles. The van der Waals surface area contributed by atoms with Gasteiger partial charge in [-0.15, -0.1) is 0 Å². The van der Waals surface area contributed by atoms with Crippen molar-refractivity contribution < 1.29 is 9.50 Å². The number of aromatic nitrogens is 3. The first-order chi connectivity index (χ1) is 9.70. The van der Waals surface area contributed by atoms with Gasteiger partial charge in [-0.2, -0.15) is 5.10 Å². The number of aliphatic hydroxyl groups is 1. The van der Waals surface area contributed by atoms with E-state index in [4.69, 9.17) is 0 Å². The van der Waals surface area contributed by atoms with Crippen LogP contribution in [-0.2, 0) is 12.1 Å². The van der Waals surface area contributed by atoms with Gasteiger partial charge in [0.05, 0.1) is 6.54 Å². The van der Waals surface area contributed by atoms with Gasteiger partial charge in [-0.05, 0) is 30.4 Å². The van der Waals surface area contributed by atoms with E-state index in [2.05, 4.69) is 10.1 Å². The maximum absolute atomic E-state index is 14.3. The number of halogens is 1. The Morgan fingerprint density at radius 2 is 2.00 bits per heavy atom. The van der Waals surface area contributed by atoms with E-state index in [0.717, 1.165) is 5.56 Å². The van der Waals surface area contributed by atoms with Crippen molar-refractivity contribution in [1.29, 1.82) is 0 Å². The summed E-state index contributed by atoms with van der Waals surface area (Å²) < 4.78 is 15.9. The minimum Gasteiger partial charge on any atom is -0.383 e. The average Bonchev–Trinajstić information content (AvgIpc) is 2.78. The van der Waals surface area contributed by atoms with Crippen molar-refractivity contribution in [2.24, 2.45) is 5.41 Å². The summed E-state index contributed by atoms with van der Waals surface area (Å²) in [7, 11) is 0. The predicted octanol–water partition coefficient (Wildman–Crippen LogP) is 3.05. The van der Waals surface area contributed by atoms with Crippen molar-refractivity contribution in [3.63, 3.8) is 0 Å². The molecular weight excluding hydrogens is 269 g/mol. The zero-order chi connectivity index (χ0) is 15.7. The topological polar surface area (TPSA) is 50.9 Å². The molecule has 1 unspecified atom stereocenters. The Balaban J connectivity index is 2.44. The highest BCUT2D eigenvalue weighted by atomic mass is 19.1. The largest absolute Gasteiger partial charge is 0.383 e. The first-order valence-corrected chi connectivity index (χ1v) is 7.01. The van der Waals surface area contributed by atoms with Gasteiger partial charge < -0.3 is 5.11 Å². The Labute approximate surface area is 124 Å². The summed E-state index contributed by atoms with van der Waals surface area (Å²) in [4.78, 5) is 3.88. The molecular formula is C16H22FN3O. The highest BCUT2D eigenvalue weighted by Gasteiger charge is 2.37. The molecule has 1 aromatic heterocycles. The number of rotatable bonds is 4. The van der Waals surface area contributed by atoms with Crippen molar-refractivity contribution >= 4 is 0 Å². The lowest BCUT2D eigenvalue weighted by Gasteiger charge is -2.35. The lowest BCUT2D eigenvalue weighted by molar-refractivity contribution is -0.0243. The summed E-state index contributed by atoms with van der Waals surface area (Å²) in [5, 5.41) is 15.2. The van der Waals surface area contributed by atoms with Gasteiger partial charge in [0.15, 0.2) is 0 Å². The van der Waals surface area contributed by atoms with Crippen LogP contribution in [0.4, 0.5) is 4.39 Å². The van der Waals surface area contributed by atoms with Gasteiger partial charge in [0.2, 0.25) is 0 Å². The molecule has 0 amide bonds. The van der Waals surface area contributed by atoms with Crippen LogP contribution >= 0.6 is 0 Å². The molecule has 2 rings (SSSR count). The summed E-state index contributed by atoms with van der Waals surface area (Å²) in [6, 6.07) is 4.92. The summed E-state index contributed by atoms with van der Waals surface area (Å²) in [6.45, 7) is 8.06. The van der Waals surface area contributed by atoms with E-state index in [9.17, 15) is 9.50 Å². The fraction of sp³-hybridized carbons (Fsp3) is 0.500. The maximum atomic E-state index is 14.3. The molecule has 21 heavy (non-hydrogen) atoms. The SMILES string of the molecule is Cc1ccc(C(O)(Cn2cncn2)CC(C)(C)C)c(F)c1. The van der Waals surface area contributed by atoms with Crippen LogP contribution < -0.4 is 0 Å². The molecule has 0 aliphatic rings. The number of benzene rings is 1. The Bertz CT molecular complexity index is 604. The molecule has 1 aromatic carbocycles. The van der Waals surface area contributed by atoms with Crippen LogP contribution in [0, 0.1) is 18.2 Å². The van der Waals surface area contributed by atoms with Crippen LogP contribution in [0.5, 0.6) is 0 Å². The number of nitrogens with zero attached hydrogens (tertiary/aromatic N) is 3. The van der Waals surface area contributed by atoms with E-state index in [0.29, 0.717) is 12.0 Å². The van der Waals surface area contributed by atoms with Crippen molar-refractivity contribution in [2.75, 3.05) is 0 Å². The van der Waals surface area contributed by atoms with E-state index < -0.39 is 5.60 Å². The van der Waals surface area contributed by atoms with E-state index in [1.807, 2.05) is 33.8 Å². The second kappa shape index (κ2) is 5.56. The second-order valence-corrected chi connectivity index (χ2v) is 6.85. The van der Waals surface area contributed by atoms with Gasteiger partial charge in [0, 0.05) is 5.56 Å². The van der Waals surface area contributed by atoms with Crippen molar-refractivity contribution in [2.45, 2.75) is 46.3 Å². The van der Waals surface area contributed by atoms with Gasteiger partial charge in [0.1, 0.15) is 24.1 Å². The highest BCUT2D eigenvalue weighted by molar-refractivity contribution is 5.28. The average molecular weight is 291 g/mol. The van der Waals surface area contributed by atoms with E-state index >= 15 is 0 Å². The fourth-order valence-corrected chi connectivity index (χ4v) is 2.69. The van der Waals surface area contributed by atoms with Crippen LogP contribution in [0.1, 0.15) is 38.3 Å². The van der Waals surface area contributed by atoms with Crippen molar-refractivity contribution in [3.05, 3.63) is 47.8 Å². The van der Waals surface area contributed by atoms with Gasteiger partial charge in [0.25, 0.3) is 0 Å². The molecule has 2 aromatic rings. The van der Waals surface area contributed by atoms with E-state index in [1.54, 1.807) is 6.07 Å². The predicted molar refractivity (Wildman–Crippen MR) is 79.1 cm³/mol.